The molecule has 0 aromatic heterocycles. The number of hydrogen-bond acceptors (Lipinski definition) is 5. The van der Waals surface area contributed by atoms with Crippen LogP contribution < -0.4 is 0 Å². The molecule has 0 aliphatic carbocycles. The van der Waals surface area contributed by atoms with Gasteiger partial charge in [-0.15, -0.1) is 0 Å². The van der Waals surface area contributed by atoms with Crippen molar-refractivity contribution in [2.75, 3.05) is 13.2 Å². The molecule has 2 atom stereocenters. The van der Waals surface area contributed by atoms with Crippen LogP contribution >= 0.6 is 0 Å². The summed E-state index contributed by atoms with van der Waals surface area (Å²) in [7, 11) is 0. The van der Waals surface area contributed by atoms with Crippen LogP contribution in [0.15, 0.2) is 24.3 Å². The largest absolute Gasteiger partial charge is 0.478 e. The predicted octanol–water partition coefficient (Wildman–Crippen LogP) is 1.06. The van der Waals surface area contributed by atoms with Crippen LogP contribution in [0.1, 0.15) is 27.7 Å². The van der Waals surface area contributed by atoms with Gasteiger partial charge in [-0.3, -0.25) is 0 Å². The lowest BCUT2D eigenvalue weighted by molar-refractivity contribution is -0.133. The predicted molar refractivity (Wildman–Crippen MR) is 79.1 cm³/mol. The van der Waals surface area contributed by atoms with Crippen molar-refractivity contribution in [1.82, 2.24) is 0 Å². The Kier molecular flexibility index (Phi) is 17.0. The van der Waals surface area contributed by atoms with Gasteiger partial charge in [-0.05, 0) is 27.7 Å². The van der Waals surface area contributed by atoms with Gasteiger partial charge in [-0.25, -0.2) is 9.59 Å². The van der Waals surface area contributed by atoms with E-state index >= 15 is 0 Å². The fourth-order valence-electron chi connectivity index (χ4n) is 0.356. The molecule has 0 aromatic rings. The number of aliphatic carboxylic acids is 2. The molecule has 0 spiro atoms. The second-order valence-electron chi connectivity index (χ2n) is 4.35. The number of rotatable bonds is 6. The number of carbonyl (C=O) groups is 2. The lowest BCUT2D eigenvalue weighted by Gasteiger charge is -2.10. The first-order valence-electron chi connectivity index (χ1n) is 6.13. The molecule has 0 bridgehead atoms. The third-order valence-corrected chi connectivity index (χ3v) is 1.61. The molecule has 21 heavy (non-hydrogen) atoms. The van der Waals surface area contributed by atoms with Crippen LogP contribution in [0, 0.1) is 0 Å². The molecule has 0 aromatic carbocycles. The summed E-state index contributed by atoms with van der Waals surface area (Å²) in [5, 5.41) is 32.9. The molecule has 0 radical (unpaired) electrons. The van der Waals surface area contributed by atoms with Crippen LogP contribution in [-0.2, 0) is 14.3 Å². The first-order chi connectivity index (χ1) is 9.45. The number of hydrogen-bond donors (Lipinski definition) is 4. The van der Waals surface area contributed by atoms with Crippen LogP contribution in [0.2, 0.25) is 0 Å². The van der Waals surface area contributed by atoms with E-state index in [-0.39, 0.29) is 23.9 Å². The van der Waals surface area contributed by atoms with E-state index in [0.29, 0.717) is 6.61 Å². The maximum absolute atomic E-state index is 9.60. The molecule has 0 saturated carbocycles. The van der Waals surface area contributed by atoms with Gasteiger partial charge in [0.25, 0.3) is 0 Å². The van der Waals surface area contributed by atoms with Gasteiger partial charge < -0.3 is 25.2 Å². The molecule has 0 fully saturated rings. The van der Waals surface area contributed by atoms with Crippen LogP contribution in [-0.4, -0.2) is 57.8 Å². The van der Waals surface area contributed by atoms with E-state index in [4.69, 9.17) is 25.2 Å². The van der Waals surface area contributed by atoms with E-state index in [1.807, 2.05) is 0 Å². The van der Waals surface area contributed by atoms with Gasteiger partial charge >= 0.3 is 11.9 Å². The lowest BCUT2D eigenvalue weighted by Crippen LogP contribution is -2.19. The molecule has 0 rings (SSSR count). The number of aliphatic hydroxyl groups is 2. The third-order valence-electron chi connectivity index (χ3n) is 1.61. The zero-order valence-electron chi connectivity index (χ0n) is 13.0. The third kappa shape index (κ3) is 27.5. The summed E-state index contributed by atoms with van der Waals surface area (Å²) in [4.78, 5) is 19.2. The second kappa shape index (κ2) is 14.7. The van der Waals surface area contributed by atoms with E-state index in [1.54, 1.807) is 13.8 Å². The highest BCUT2D eigenvalue weighted by Crippen LogP contribution is 1.90. The molecule has 7 heteroatoms. The maximum atomic E-state index is 9.60. The normalized spacial score (nSPS) is 11.7. The van der Waals surface area contributed by atoms with Crippen molar-refractivity contribution in [3.63, 3.8) is 0 Å². The van der Waals surface area contributed by atoms with E-state index in [1.165, 1.54) is 13.8 Å². The lowest BCUT2D eigenvalue weighted by atomic mass is 10.4. The summed E-state index contributed by atoms with van der Waals surface area (Å²) in [5.74, 6) is -1.87. The zero-order chi connectivity index (χ0) is 17.6. The summed E-state index contributed by atoms with van der Waals surface area (Å²) in [5.41, 5.74) is 0.352. The van der Waals surface area contributed by atoms with Gasteiger partial charge in [0.1, 0.15) is 0 Å². The van der Waals surface area contributed by atoms with Crippen molar-refractivity contribution < 1.29 is 34.8 Å². The molecule has 0 amide bonds. The fraction of sp³-hybridized carbons (Fsp3) is 0.571. The molecule has 2 unspecified atom stereocenters. The Bertz CT molecular complexity index is 286. The van der Waals surface area contributed by atoms with Crippen molar-refractivity contribution in [3.05, 3.63) is 24.3 Å². The first-order valence-corrected chi connectivity index (χ1v) is 6.13. The summed E-state index contributed by atoms with van der Waals surface area (Å²) >= 11 is 0. The van der Waals surface area contributed by atoms with E-state index in [2.05, 4.69) is 13.2 Å². The van der Waals surface area contributed by atoms with Crippen molar-refractivity contribution in [2.45, 2.75) is 39.9 Å². The van der Waals surface area contributed by atoms with Crippen molar-refractivity contribution in [3.8, 4) is 0 Å². The number of aliphatic hydroxyl groups excluding tert-OH is 2. The van der Waals surface area contributed by atoms with Gasteiger partial charge in [0, 0.05) is 11.1 Å². The highest BCUT2D eigenvalue weighted by atomic mass is 16.5. The second-order valence-corrected chi connectivity index (χ2v) is 4.35. The Morgan fingerprint density at radius 2 is 1.33 bits per heavy atom. The van der Waals surface area contributed by atoms with Gasteiger partial charge in [0.2, 0.25) is 0 Å². The first kappa shape index (κ1) is 24.3. The van der Waals surface area contributed by atoms with Crippen molar-refractivity contribution in [1.29, 1.82) is 0 Å². The molecule has 0 saturated heterocycles. The van der Waals surface area contributed by atoms with E-state index in [9.17, 15) is 9.59 Å². The quantitative estimate of drug-likeness (QED) is 0.541. The van der Waals surface area contributed by atoms with Gasteiger partial charge in [-0.1, -0.05) is 13.2 Å². The Morgan fingerprint density at radius 3 is 1.48 bits per heavy atom. The number of carboxylic acid groups (broad SMARTS) is 2. The minimum absolute atomic E-state index is 0.00667. The molecule has 7 nitrogen and oxygen atoms in total. The van der Waals surface area contributed by atoms with E-state index < -0.39 is 18.0 Å². The minimum Gasteiger partial charge on any atom is -0.478 e. The van der Waals surface area contributed by atoms with Gasteiger partial charge in [0.15, 0.2) is 0 Å². The SMILES string of the molecule is C=C(C)C(=O)O.C=C(C)C(=O)O.CC(O)COC(C)CO. The summed E-state index contributed by atoms with van der Waals surface area (Å²) in [6, 6.07) is 0. The molecular weight excluding hydrogens is 280 g/mol. The molecule has 0 heterocycles. The minimum atomic E-state index is -0.935. The Morgan fingerprint density at radius 1 is 1.05 bits per heavy atom. The average molecular weight is 306 g/mol. The fourth-order valence-corrected chi connectivity index (χ4v) is 0.356. The van der Waals surface area contributed by atoms with Crippen LogP contribution in [0.3, 0.4) is 0 Å². The Balaban J connectivity index is -0.000000240. The highest BCUT2D eigenvalue weighted by molar-refractivity contribution is 5.85. The van der Waals surface area contributed by atoms with Gasteiger partial charge in [-0.2, -0.15) is 0 Å². The molecule has 4 N–H and O–H groups in total. The summed E-state index contributed by atoms with van der Waals surface area (Å²) in [6.45, 7) is 12.9. The maximum Gasteiger partial charge on any atom is 0.330 e. The Labute approximate surface area is 125 Å². The summed E-state index contributed by atoms with van der Waals surface area (Å²) in [6.07, 6.45) is -0.612. The molecular formula is C14H26O7. The smallest absolute Gasteiger partial charge is 0.330 e. The van der Waals surface area contributed by atoms with E-state index in [0.717, 1.165) is 0 Å². The molecule has 0 aliphatic rings. The van der Waals surface area contributed by atoms with Crippen molar-refractivity contribution in [2.24, 2.45) is 0 Å². The van der Waals surface area contributed by atoms with Crippen LogP contribution in [0.4, 0.5) is 0 Å². The van der Waals surface area contributed by atoms with Crippen molar-refractivity contribution >= 4 is 11.9 Å². The Hall–Kier alpha value is -1.70. The summed E-state index contributed by atoms with van der Waals surface area (Å²) < 4.78 is 4.95. The number of ether oxygens (including phenoxy) is 1. The van der Waals surface area contributed by atoms with Crippen LogP contribution in [0.25, 0.3) is 0 Å². The molecule has 124 valence electrons. The zero-order valence-corrected chi connectivity index (χ0v) is 13.0. The van der Waals surface area contributed by atoms with Crippen LogP contribution in [0.5, 0.6) is 0 Å². The molecule has 0 aliphatic heterocycles. The number of carboxylic acids is 2. The average Bonchev–Trinajstić information content (AvgIpc) is 2.36. The monoisotopic (exact) mass is 306 g/mol. The topological polar surface area (TPSA) is 124 Å². The van der Waals surface area contributed by atoms with Gasteiger partial charge in [0.05, 0.1) is 25.4 Å². The highest BCUT2D eigenvalue weighted by Gasteiger charge is 2.00. The standard InChI is InChI=1S/C6H14O3.2C4H6O2/c1-5(8)4-9-6(2)3-7;2*1-3(2)4(5)6/h5-8H,3-4H2,1-2H3;2*1H2,2H3,(H,5,6).